The second-order valence-electron chi connectivity index (χ2n) is 8.29. The van der Waals surface area contributed by atoms with Crippen LogP contribution in [0.1, 0.15) is 11.4 Å². The average Bonchev–Trinajstić information content (AvgIpc) is 3.62. The van der Waals surface area contributed by atoms with E-state index in [1.54, 1.807) is 6.20 Å². The number of carboxylic acid groups (broad SMARTS) is 1. The quantitative estimate of drug-likeness (QED) is 0.0653. The first kappa shape index (κ1) is 28.4. The van der Waals surface area contributed by atoms with E-state index >= 15 is 0 Å². The van der Waals surface area contributed by atoms with E-state index in [2.05, 4.69) is 25.0 Å². The van der Waals surface area contributed by atoms with Crippen LogP contribution in [-0.4, -0.2) is 86.0 Å². The van der Waals surface area contributed by atoms with Gasteiger partial charge >= 0.3 is 5.97 Å². The van der Waals surface area contributed by atoms with Gasteiger partial charge in [0, 0.05) is 23.0 Å². The van der Waals surface area contributed by atoms with Gasteiger partial charge < -0.3 is 31.3 Å². The van der Waals surface area contributed by atoms with Gasteiger partial charge in [-0.15, -0.1) is 40.0 Å². The maximum atomic E-state index is 13.2. The fourth-order valence-electron chi connectivity index (χ4n) is 3.81. The minimum Gasteiger partial charge on any atom is -0.503 e. The van der Waals surface area contributed by atoms with E-state index in [1.165, 1.54) is 40.4 Å². The molecule has 3 aromatic rings. The SMILES string of the molecule is Nc1nc(/C(=N\OCc2cc(=O)c(O)cn2O)C(=O)NC2C(=O)N3C(C(=O)O)=C(CSc4cnns4)CSC23)cs1. The summed E-state index contributed by atoms with van der Waals surface area (Å²) in [6.07, 6.45) is 2.34. The Kier molecular flexibility index (Phi) is 8.15. The molecule has 214 valence electrons. The van der Waals surface area contributed by atoms with Crippen molar-refractivity contribution in [2.45, 2.75) is 22.2 Å². The highest BCUT2D eigenvalue weighted by molar-refractivity contribution is 8.01. The summed E-state index contributed by atoms with van der Waals surface area (Å²) < 4.78 is 5.04. The lowest BCUT2D eigenvalue weighted by molar-refractivity contribution is -0.150. The Morgan fingerprint density at radius 2 is 2.15 bits per heavy atom. The van der Waals surface area contributed by atoms with E-state index in [4.69, 9.17) is 10.6 Å². The number of carboxylic acids is 1. The van der Waals surface area contributed by atoms with E-state index in [0.29, 0.717) is 21.8 Å². The number of β-lactam (4-membered cyclic amide) rings is 1. The summed E-state index contributed by atoms with van der Waals surface area (Å²) in [5.74, 6) is -2.74. The zero-order valence-electron chi connectivity index (χ0n) is 20.4. The van der Waals surface area contributed by atoms with Gasteiger partial charge in [-0.1, -0.05) is 9.64 Å². The summed E-state index contributed by atoms with van der Waals surface area (Å²) in [6.45, 7) is -0.470. The summed E-state index contributed by atoms with van der Waals surface area (Å²) in [5, 5.41) is 40.1. The number of thiazole rings is 1. The van der Waals surface area contributed by atoms with Crippen molar-refractivity contribution in [2.24, 2.45) is 5.16 Å². The van der Waals surface area contributed by atoms with Crippen LogP contribution in [0.3, 0.4) is 0 Å². The van der Waals surface area contributed by atoms with Crippen LogP contribution in [0.4, 0.5) is 5.13 Å². The lowest BCUT2D eigenvalue weighted by atomic mass is 10.0. The maximum Gasteiger partial charge on any atom is 0.352 e. The van der Waals surface area contributed by atoms with Gasteiger partial charge in [0.05, 0.1) is 12.4 Å². The monoisotopic (exact) mass is 638 g/mol. The minimum atomic E-state index is -1.25. The number of aromatic nitrogens is 4. The van der Waals surface area contributed by atoms with E-state index in [1.807, 2.05) is 0 Å². The van der Waals surface area contributed by atoms with Crippen LogP contribution in [0.15, 0.2) is 49.3 Å². The molecule has 0 aliphatic carbocycles. The molecule has 0 saturated carbocycles. The third-order valence-electron chi connectivity index (χ3n) is 5.70. The zero-order chi connectivity index (χ0) is 29.3. The molecule has 3 aromatic heterocycles. The third-order valence-corrected chi connectivity index (χ3v) is 9.64. The van der Waals surface area contributed by atoms with Gasteiger partial charge in [0.15, 0.2) is 23.2 Å². The third kappa shape index (κ3) is 5.85. The summed E-state index contributed by atoms with van der Waals surface area (Å²) in [7, 11) is 0. The number of nitrogens with zero attached hydrogens (tertiary/aromatic N) is 6. The number of nitrogens with two attached hydrogens (primary N) is 1. The first-order valence-corrected chi connectivity index (χ1v) is 15.0. The van der Waals surface area contributed by atoms with Crippen molar-refractivity contribution in [1.29, 1.82) is 0 Å². The molecular formula is C21H18N8O8S4. The number of hydrogen-bond acceptors (Lipinski definition) is 16. The molecule has 2 aliphatic rings. The van der Waals surface area contributed by atoms with Crippen LogP contribution in [0, 0.1) is 0 Å². The highest BCUT2D eigenvalue weighted by Gasteiger charge is 2.54. The summed E-state index contributed by atoms with van der Waals surface area (Å²) in [4.78, 5) is 60.4. The first-order valence-electron chi connectivity index (χ1n) is 11.3. The second kappa shape index (κ2) is 11.8. The van der Waals surface area contributed by atoms with Crippen LogP contribution < -0.4 is 16.5 Å². The Morgan fingerprint density at radius 1 is 1.34 bits per heavy atom. The highest BCUT2D eigenvalue weighted by Crippen LogP contribution is 2.41. The predicted octanol–water partition coefficient (Wildman–Crippen LogP) is 0.133. The number of anilines is 1. The number of oxime groups is 1. The molecule has 0 radical (unpaired) electrons. The first-order chi connectivity index (χ1) is 19.6. The molecule has 0 aromatic carbocycles. The molecule has 20 heteroatoms. The smallest absolute Gasteiger partial charge is 0.352 e. The molecule has 1 fully saturated rings. The van der Waals surface area contributed by atoms with Gasteiger partial charge in [0.25, 0.3) is 11.8 Å². The molecule has 0 bridgehead atoms. The van der Waals surface area contributed by atoms with E-state index in [-0.39, 0.29) is 27.9 Å². The summed E-state index contributed by atoms with van der Waals surface area (Å²) in [6, 6.07) is -0.135. The second-order valence-corrected chi connectivity index (χ2v) is 12.3. The minimum absolute atomic E-state index is 0.0417. The van der Waals surface area contributed by atoms with Crippen LogP contribution >= 0.6 is 46.4 Å². The van der Waals surface area contributed by atoms with Crippen molar-refractivity contribution in [3.05, 3.63) is 56.7 Å². The molecule has 41 heavy (non-hydrogen) atoms. The lowest BCUT2D eigenvalue weighted by Crippen LogP contribution is -2.71. The number of nitrogens with one attached hydrogen (secondary N) is 1. The number of aliphatic carboxylic acids is 1. The largest absolute Gasteiger partial charge is 0.503 e. The van der Waals surface area contributed by atoms with Gasteiger partial charge in [-0.05, 0) is 17.1 Å². The van der Waals surface area contributed by atoms with E-state index in [0.717, 1.165) is 32.7 Å². The van der Waals surface area contributed by atoms with Crippen molar-refractivity contribution in [1.82, 2.24) is 29.5 Å². The highest BCUT2D eigenvalue weighted by atomic mass is 32.2. The number of amides is 2. The number of hydrogen-bond donors (Lipinski definition) is 5. The van der Waals surface area contributed by atoms with Gasteiger partial charge in [-0.3, -0.25) is 19.3 Å². The number of rotatable bonds is 10. The van der Waals surface area contributed by atoms with Crippen molar-refractivity contribution >= 4 is 75.0 Å². The van der Waals surface area contributed by atoms with Crippen LogP contribution in [0.25, 0.3) is 0 Å². The van der Waals surface area contributed by atoms with Gasteiger partial charge in [-0.2, -0.15) is 4.73 Å². The van der Waals surface area contributed by atoms with Crippen molar-refractivity contribution in [3.63, 3.8) is 0 Å². The Balaban J connectivity index is 1.31. The molecule has 2 amide bonds. The number of thioether (sulfide) groups is 2. The summed E-state index contributed by atoms with van der Waals surface area (Å²) in [5.41, 5.74) is 4.98. The van der Waals surface area contributed by atoms with Crippen molar-refractivity contribution < 1.29 is 34.6 Å². The van der Waals surface area contributed by atoms with Gasteiger partial charge in [-0.25, -0.2) is 9.78 Å². The van der Waals surface area contributed by atoms with Gasteiger partial charge in [0.2, 0.25) is 5.43 Å². The molecule has 2 aliphatic heterocycles. The topological polar surface area (TPSA) is 235 Å². The van der Waals surface area contributed by atoms with Gasteiger partial charge in [0.1, 0.15) is 32.7 Å². The lowest BCUT2D eigenvalue weighted by Gasteiger charge is -2.49. The van der Waals surface area contributed by atoms with Crippen LogP contribution in [0.2, 0.25) is 0 Å². The maximum absolute atomic E-state index is 13.2. The Hall–Kier alpha value is -4.14. The van der Waals surface area contributed by atoms with Crippen molar-refractivity contribution in [3.8, 4) is 5.75 Å². The van der Waals surface area contributed by atoms with E-state index < -0.39 is 47.0 Å². The molecule has 1 saturated heterocycles. The fraction of sp³-hybridized carbons (Fsp3) is 0.238. The molecule has 2 atom stereocenters. The Bertz CT molecular complexity index is 1640. The Morgan fingerprint density at radius 3 is 2.83 bits per heavy atom. The number of nitrogen functional groups attached to an aromatic ring is 1. The zero-order valence-corrected chi connectivity index (χ0v) is 23.6. The average molecular weight is 639 g/mol. The number of fused-ring (bicyclic) bond motifs is 1. The molecule has 5 rings (SSSR count). The molecule has 2 unspecified atom stereocenters. The standard InChI is InChI=1S/C21H18N8O8S4/c22-21-24-10(7-40-21)14(26-37-4-9-1-11(30)12(31)3-28(9)36)17(32)25-15-18(33)29-16(20(34)35)8(6-39-19(15)29)5-38-13-2-23-27-41-13/h1-3,7,15,19,31,36H,4-6H2,(H2,22,24)(H,25,32)(H,34,35)/b26-14+. The number of carbonyl (C=O) groups is 3. The van der Waals surface area contributed by atoms with Crippen molar-refractivity contribution in [2.75, 3.05) is 17.2 Å². The van der Waals surface area contributed by atoms with Crippen LogP contribution in [0.5, 0.6) is 5.75 Å². The fourth-order valence-corrected chi connectivity index (χ4v) is 7.27. The number of pyridine rings is 1. The summed E-state index contributed by atoms with van der Waals surface area (Å²) >= 11 is 4.88. The molecule has 16 nitrogen and oxygen atoms in total. The molecular weight excluding hydrogens is 621 g/mol. The van der Waals surface area contributed by atoms with Crippen LogP contribution in [-0.2, 0) is 25.8 Å². The molecule has 6 N–H and O–H groups in total. The Labute approximate surface area is 245 Å². The predicted molar refractivity (Wildman–Crippen MR) is 148 cm³/mol. The molecule has 0 spiro atoms. The number of aromatic hydroxyl groups is 1. The molecule has 5 heterocycles. The van der Waals surface area contributed by atoms with E-state index in [9.17, 15) is 34.6 Å². The number of carbonyl (C=O) groups excluding carboxylic acids is 2. The normalized spacial score (nSPS) is 18.6.